The highest BCUT2D eigenvalue weighted by molar-refractivity contribution is 5.78. The van der Waals surface area contributed by atoms with Crippen molar-refractivity contribution >= 4 is 12.1 Å². The average Bonchev–Trinajstić information content (AvgIpc) is 2.46. The number of amides is 1. The monoisotopic (exact) mass is 300 g/mol. The van der Waals surface area contributed by atoms with E-state index in [0.717, 1.165) is 12.8 Å². The lowest BCUT2D eigenvalue weighted by molar-refractivity contribution is 0.0310. The van der Waals surface area contributed by atoms with Crippen LogP contribution in [-0.2, 0) is 9.47 Å². The molecule has 1 amide bonds. The first-order valence-electron chi connectivity index (χ1n) is 7.41. The van der Waals surface area contributed by atoms with Crippen LogP contribution in [0, 0.1) is 0 Å². The van der Waals surface area contributed by atoms with Crippen molar-refractivity contribution in [1.29, 1.82) is 0 Å². The maximum Gasteiger partial charge on any atom is 0.409 e. The molecule has 1 saturated heterocycles. The van der Waals surface area contributed by atoms with Crippen molar-refractivity contribution < 1.29 is 14.3 Å². The second kappa shape index (κ2) is 8.07. The molecule has 1 fully saturated rings. The summed E-state index contributed by atoms with van der Waals surface area (Å²) < 4.78 is 10.3. The van der Waals surface area contributed by atoms with Crippen molar-refractivity contribution in [2.45, 2.75) is 45.3 Å². The first-order chi connectivity index (χ1) is 9.88. The highest BCUT2D eigenvalue weighted by Crippen LogP contribution is 2.11. The number of hydrogen-bond acceptors (Lipinski definition) is 4. The van der Waals surface area contributed by atoms with Crippen LogP contribution in [0.3, 0.4) is 0 Å². The Kier molecular flexibility index (Phi) is 6.74. The van der Waals surface area contributed by atoms with Crippen molar-refractivity contribution in [3.05, 3.63) is 0 Å². The second-order valence-electron chi connectivity index (χ2n) is 5.77. The van der Waals surface area contributed by atoms with E-state index in [9.17, 15) is 4.79 Å². The molecule has 0 aromatic carbocycles. The third-order valence-electron chi connectivity index (χ3n) is 3.56. The molecule has 0 bridgehead atoms. The fraction of sp³-hybridized carbons (Fsp3) is 0.857. The van der Waals surface area contributed by atoms with Gasteiger partial charge in [0.2, 0.25) is 0 Å². The van der Waals surface area contributed by atoms with Crippen molar-refractivity contribution in [3.8, 4) is 0 Å². The summed E-state index contributed by atoms with van der Waals surface area (Å²) in [6, 6.07) is 0.241. The number of nitrogens with one attached hydrogen (secondary N) is 1. The number of carbonyl (C=O) groups excluding carboxylic acids is 1. The Morgan fingerprint density at radius 1 is 1.43 bits per heavy atom. The topological polar surface area (TPSA) is 89.2 Å². The highest BCUT2D eigenvalue weighted by atomic mass is 16.6. The zero-order valence-corrected chi connectivity index (χ0v) is 13.5. The highest BCUT2D eigenvalue weighted by Gasteiger charge is 2.24. The van der Waals surface area contributed by atoms with Crippen LogP contribution in [0.25, 0.3) is 0 Å². The van der Waals surface area contributed by atoms with Crippen molar-refractivity contribution in [3.63, 3.8) is 0 Å². The lowest BCUT2D eigenvalue weighted by Crippen LogP contribution is -2.48. The van der Waals surface area contributed by atoms with Gasteiger partial charge in [-0.15, -0.1) is 0 Å². The molecule has 1 aliphatic rings. The molecule has 7 heteroatoms. The molecular weight excluding hydrogens is 272 g/mol. The van der Waals surface area contributed by atoms with Crippen LogP contribution in [0.4, 0.5) is 4.79 Å². The molecule has 122 valence electrons. The number of likely N-dealkylation sites (tertiary alicyclic amines) is 1. The summed E-state index contributed by atoms with van der Waals surface area (Å²) in [5.41, 5.74) is 5.57. The molecule has 3 N–H and O–H groups in total. The Balaban J connectivity index is 2.35. The molecule has 0 radical (unpaired) electrons. The number of hydrogen-bond donors (Lipinski definition) is 2. The number of nitrogens with zero attached hydrogens (tertiary/aromatic N) is 2. The van der Waals surface area contributed by atoms with Crippen LogP contribution in [0.1, 0.15) is 33.6 Å². The smallest absolute Gasteiger partial charge is 0.409 e. The first-order valence-corrected chi connectivity index (χ1v) is 7.41. The molecule has 7 nitrogen and oxygen atoms in total. The minimum atomic E-state index is -0.320. The van der Waals surface area contributed by atoms with E-state index in [1.54, 1.807) is 12.0 Å². The number of rotatable bonds is 5. The van der Waals surface area contributed by atoms with Crippen LogP contribution in [-0.4, -0.2) is 61.9 Å². The lowest BCUT2D eigenvalue weighted by Gasteiger charge is -2.32. The van der Waals surface area contributed by atoms with Gasteiger partial charge in [-0.05, 0) is 33.6 Å². The molecule has 21 heavy (non-hydrogen) atoms. The van der Waals surface area contributed by atoms with E-state index in [1.165, 1.54) is 0 Å². The summed E-state index contributed by atoms with van der Waals surface area (Å²) in [5, 5.41) is 3.20. The van der Waals surface area contributed by atoms with Gasteiger partial charge in [-0.25, -0.2) is 4.79 Å². The predicted molar refractivity (Wildman–Crippen MR) is 82.3 cm³/mol. The van der Waals surface area contributed by atoms with Crippen LogP contribution in [0.5, 0.6) is 0 Å². The predicted octanol–water partition coefficient (Wildman–Crippen LogP) is 0.937. The summed E-state index contributed by atoms with van der Waals surface area (Å²) in [4.78, 5) is 17.6. The van der Waals surface area contributed by atoms with Crippen LogP contribution in [0.2, 0.25) is 0 Å². The molecule has 0 spiro atoms. The summed E-state index contributed by atoms with van der Waals surface area (Å²) in [7, 11) is 1.66. The van der Waals surface area contributed by atoms with Crippen LogP contribution >= 0.6 is 0 Å². The van der Waals surface area contributed by atoms with E-state index < -0.39 is 0 Å². The Bertz CT molecular complexity index is 363. The van der Waals surface area contributed by atoms with E-state index >= 15 is 0 Å². The van der Waals surface area contributed by atoms with Gasteiger partial charge in [0.05, 0.1) is 18.8 Å². The normalized spacial score (nSPS) is 17.7. The molecular formula is C14H28N4O3. The van der Waals surface area contributed by atoms with E-state index in [0.29, 0.717) is 32.2 Å². The lowest BCUT2D eigenvalue weighted by atomic mass is 10.1. The SMILES string of the molecule is CCOC(=O)N1CCC(NC(N)=NCC(C)(C)OC)CC1. The molecule has 1 rings (SSSR count). The van der Waals surface area contributed by atoms with Crippen molar-refractivity contribution in [2.24, 2.45) is 10.7 Å². The maximum atomic E-state index is 11.6. The number of nitrogens with two attached hydrogens (primary N) is 1. The minimum absolute atomic E-state index is 0.237. The van der Waals surface area contributed by atoms with Gasteiger partial charge >= 0.3 is 6.09 Å². The van der Waals surface area contributed by atoms with Gasteiger partial charge in [-0.3, -0.25) is 4.99 Å². The van der Waals surface area contributed by atoms with Crippen molar-refractivity contribution in [2.75, 3.05) is 33.4 Å². The Labute approximate surface area is 126 Å². The van der Waals surface area contributed by atoms with Crippen LogP contribution < -0.4 is 11.1 Å². The summed E-state index contributed by atoms with van der Waals surface area (Å²) >= 11 is 0. The minimum Gasteiger partial charge on any atom is -0.450 e. The number of piperidine rings is 1. The van der Waals surface area contributed by atoms with E-state index in [-0.39, 0.29) is 17.7 Å². The standard InChI is InChI=1S/C14H28N4O3/c1-5-21-13(19)18-8-6-11(7-9-18)17-12(15)16-10-14(2,3)20-4/h11H,5-10H2,1-4H3,(H3,15,16,17). The third kappa shape index (κ3) is 6.20. The largest absolute Gasteiger partial charge is 0.450 e. The molecule has 1 heterocycles. The second-order valence-corrected chi connectivity index (χ2v) is 5.77. The zero-order valence-electron chi connectivity index (χ0n) is 13.5. The molecule has 0 atom stereocenters. The average molecular weight is 300 g/mol. The van der Waals surface area contributed by atoms with Gasteiger partial charge in [-0.2, -0.15) is 0 Å². The Hall–Kier alpha value is -1.50. The van der Waals surface area contributed by atoms with Gasteiger partial charge in [0.1, 0.15) is 0 Å². The van der Waals surface area contributed by atoms with Gasteiger partial charge < -0.3 is 25.4 Å². The summed E-state index contributed by atoms with van der Waals surface area (Å²) in [6.45, 7) is 7.99. The third-order valence-corrected chi connectivity index (χ3v) is 3.56. The zero-order chi connectivity index (χ0) is 15.9. The number of carbonyl (C=O) groups is 1. The molecule has 0 aromatic rings. The number of aliphatic imine (C=N–C) groups is 1. The summed E-state index contributed by atoms with van der Waals surface area (Å²) in [6.07, 6.45) is 1.44. The first kappa shape index (κ1) is 17.6. The fourth-order valence-electron chi connectivity index (χ4n) is 2.02. The van der Waals surface area contributed by atoms with Gasteiger partial charge in [-0.1, -0.05) is 0 Å². The molecule has 1 aliphatic heterocycles. The number of methoxy groups -OCH3 is 1. The number of guanidine groups is 1. The number of ether oxygens (including phenoxy) is 2. The molecule has 0 unspecified atom stereocenters. The van der Waals surface area contributed by atoms with Gasteiger partial charge in [0.25, 0.3) is 0 Å². The van der Waals surface area contributed by atoms with Crippen molar-refractivity contribution in [1.82, 2.24) is 10.2 Å². The Morgan fingerprint density at radius 3 is 2.57 bits per heavy atom. The van der Waals surface area contributed by atoms with Gasteiger partial charge in [0.15, 0.2) is 5.96 Å². The van der Waals surface area contributed by atoms with E-state index in [4.69, 9.17) is 15.2 Å². The van der Waals surface area contributed by atoms with Crippen LogP contribution in [0.15, 0.2) is 4.99 Å². The van der Waals surface area contributed by atoms with E-state index in [1.807, 2.05) is 20.8 Å². The summed E-state index contributed by atoms with van der Waals surface area (Å²) in [5.74, 6) is 0.426. The van der Waals surface area contributed by atoms with E-state index in [2.05, 4.69) is 10.3 Å². The Morgan fingerprint density at radius 2 is 2.05 bits per heavy atom. The quantitative estimate of drug-likeness (QED) is 0.582. The molecule has 0 saturated carbocycles. The molecule has 0 aromatic heterocycles. The maximum absolute atomic E-state index is 11.6. The fourth-order valence-corrected chi connectivity index (χ4v) is 2.02. The van der Waals surface area contributed by atoms with Gasteiger partial charge in [0, 0.05) is 26.2 Å². The molecule has 0 aliphatic carbocycles.